The first-order valence-corrected chi connectivity index (χ1v) is 10.5. The van der Waals surface area contributed by atoms with Crippen LogP contribution in [0.25, 0.3) is 16.6 Å². The first-order chi connectivity index (χ1) is 15.2. The maximum Gasteiger partial charge on any atom is 0.337 e. The van der Waals surface area contributed by atoms with Gasteiger partial charge in [0.05, 0.1) is 29.3 Å². The molecule has 3 aromatic rings. The van der Waals surface area contributed by atoms with Crippen LogP contribution < -0.4 is 19.9 Å². The maximum absolute atomic E-state index is 13.6. The van der Waals surface area contributed by atoms with Gasteiger partial charge in [-0.1, -0.05) is 12.8 Å². The highest BCUT2D eigenvalue weighted by molar-refractivity contribution is 5.94. The Balaban J connectivity index is 1.73. The van der Waals surface area contributed by atoms with Gasteiger partial charge in [0.15, 0.2) is 11.5 Å². The molecule has 8 nitrogen and oxygen atoms in total. The van der Waals surface area contributed by atoms with Gasteiger partial charge in [-0.2, -0.15) is 0 Å². The number of rotatable bonds is 3. The van der Waals surface area contributed by atoms with Crippen LogP contribution in [0.2, 0.25) is 0 Å². The van der Waals surface area contributed by atoms with Crippen LogP contribution in [0.5, 0.6) is 11.5 Å². The zero-order chi connectivity index (χ0) is 21.4. The first kappa shape index (κ1) is 19.4. The minimum absolute atomic E-state index is 0.166. The van der Waals surface area contributed by atoms with Gasteiger partial charge in [0.1, 0.15) is 0 Å². The lowest BCUT2D eigenvalue weighted by Gasteiger charge is -2.25. The summed E-state index contributed by atoms with van der Waals surface area (Å²) in [4.78, 5) is 32.7. The number of ether oxygens (including phenoxy) is 3. The fourth-order valence-electron chi connectivity index (χ4n) is 4.16. The average molecular weight is 421 g/mol. The number of nitrogens with zero attached hydrogens (tertiary/aromatic N) is 3. The first-order valence-electron chi connectivity index (χ1n) is 10.5. The van der Waals surface area contributed by atoms with Crippen LogP contribution in [0.4, 0.5) is 5.95 Å². The highest BCUT2D eigenvalue weighted by Crippen LogP contribution is 2.34. The fourth-order valence-corrected chi connectivity index (χ4v) is 4.16. The number of aromatic nitrogens is 2. The number of fused-ring (bicyclic) bond motifs is 2. The molecule has 31 heavy (non-hydrogen) atoms. The van der Waals surface area contributed by atoms with Crippen LogP contribution >= 0.6 is 0 Å². The summed E-state index contributed by atoms with van der Waals surface area (Å²) in [5, 5.41) is 0.434. The van der Waals surface area contributed by atoms with Crippen LogP contribution in [0, 0.1) is 0 Å². The minimum atomic E-state index is -0.458. The Morgan fingerprint density at radius 2 is 1.77 bits per heavy atom. The zero-order valence-electron chi connectivity index (χ0n) is 17.3. The molecule has 0 unspecified atom stereocenters. The maximum atomic E-state index is 13.6. The van der Waals surface area contributed by atoms with E-state index in [-0.39, 0.29) is 12.4 Å². The van der Waals surface area contributed by atoms with Gasteiger partial charge in [0, 0.05) is 19.2 Å². The number of anilines is 1. The summed E-state index contributed by atoms with van der Waals surface area (Å²) in [5.74, 6) is 1.37. The molecule has 2 aliphatic heterocycles. The number of methoxy groups -OCH3 is 1. The van der Waals surface area contributed by atoms with Gasteiger partial charge in [0.25, 0.3) is 5.56 Å². The van der Waals surface area contributed by atoms with E-state index in [4.69, 9.17) is 19.2 Å². The second-order valence-electron chi connectivity index (χ2n) is 7.71. The highest BCUT2D eigenvalue weighted by atomic mass is 16.7. The summed E-state index contributed by atoms with van der Waals surface area (Å²) < 4.78 is 17.4. The lowest BCUT2D eigenvalue weighted by Crippen LogP contribution is -2.33. The zero-order valence-corrected chi connectivity index (χ0v) is 17.3. The van der Waals surface area contributed by atoms with E-state index < -0.39 is 5.97 Å². The summed E-state index contributed by atoms with van der Waals surface area (Å²) >= 11 is 0. The molecule has 3 heterocycles. The van der Waals surface area contributed by atoms with Crippen molar-refractivity contribution in [2.75, 3.05) is 31.9 Å². The van der Waals surface area contributed by atoms with Gasteiger partial charge >= 0.3 is 5.97 Å². The molecule has 0 saturated carbocycles. The topological polar surface area (TPSA) is 82.9 Å². The predicted molar refractivity (Wildman–Crippen MR) is 115 cm³/mol. The molecule has 1 saturated heterocycles. The summed E-state index contributed by atoms with van der Waals surface area (Å²) in [5.41, 5.74) is 1.31. The van der Waals surface area contributed by atoms with Crippen molar-refractivity contribution in [1.82, 2.24) is 9.55 Å². The van der Waals surface area contributed by atoms with Crippen molar-refractivity contribution in [3.05, 3.63) is 52.3 Å². The number of esters is 1. The van der Waals surface area contributed by atoms with E-state index in [1.165, 1.54) is 7.11 Å². The normalized spacial score (nSPS) is 15.7. The third kappa shape index (κ3) is 3.48. The van der Waals surface area contributed by atoms with Crippen molar-refractivity contribution in [3.63, 3.8) is 0 Å². The quantitative estimate of drug-likeness (QED) is 0.600. The standard InChI is InChI=1S/C23H23N3O5/c1-29-22(28)15-6-8-17-18(12-15)24-23(25-10-4-2-3-5-11-25)26(21(17)27)16-7-9-19-20(13-16)31-14-30-19/h6-9,12-13H,2-5,10-11,14H2,1H3. The fraction of sp³-hybridized carbons (Fsp3) is 0.348. The van der Waals surface area contributed by atoms with Crippen LogP contribution in [0.15, 0.2) is 41.2 Å². The molecule has 0 amide bonds. The van der Waals surface area contributed by atoms with Crippen LogP contribution in [0.1, 0.15) is 36.0 Å². The molecule has 0 spiro atoms. The highest BCUT2D eigenvalue weighted by Gasteiger charge is 2.22. The molecule has 0 bridgehead atoms. The lowest BCUT2D eigenvalue weighted by atomic mass is 10.1. The number of benzene rings is 2. The Labute approximate surface area is 179 Å². The number of carbonyl (C=O) groups is 1. The minimum Gasteiger partial charge on any atom is -0.465 e. The summed E-state index contributed by atoms with van der Waals surface area (Å²) in [6.07, 6.45) is 4.39. The van der Waals surface area contributed by atoms with Crippen molar-refractivity contribution in [2.45, 2.75) is 25.7 Å². The molecule has 1 fully saturated rings. The average Bonchev–Trinajstić information content (AvgIpc) is 3.10. The Hall–Kier alpha value is -3.55. The van der Waals surface area contributed by atoms with Gasteiger partial charge in [0.2, 0.25) is 12.7 Å². The van der Waals surface area contributed by atoms with Crippen LogP contribution in [-0.4, -0.2) is 42.5 Å². The van der Waals surface area contributed by atoms with E-state index in [0.717, 1.165) is 38.8 Å². The molecule has 160 valence electrons. The second kappa shape index (κ2) is 7.94. The van der Waals surface area contributed by atoms with Gasteiger partial charge in [-0.05, 0) is 43.2 Å². The molecule has 0 N–H and O–H groups in total. The molecule has 1 aromatic heterocycles. The van der Waals surface area contributed by atoms with Crippen molar-refractivity contribution in [2.24, 2.45) is 0 Å². The molecule has 0 atom stereocenters. The lowest BCUT2D eigenvalue weighted by molar-refractivity contribution is 0.0601. The summed E-state index contributed by atoms with van der Waals surface area (Å²) in [6.45, 7) is 1.80. The second-order valence-corrected chi connectivity index (χ2v) is 7.71. The number of hydrogen-bond acceptors (Lipinski definition) is 7. The molecular weight excluding hydrogens is 398 g/mol. The molecule has 2 aromatic carbocycles. The smallest absolute Gasteiger partial charge is 0.337 e. The number of carbonyl (C=O) groups excluding carboxylic acids is 1. The summed E-state index contributed by atoms with van der Waals surface area (Å²) in [6, 6.07) is 10.3. The van der Waals surface area contributed by atoms with Crippen molar-refractivity contribution >= 4 is 22.8 Å². The van der Waals surface area contributed by atoms with Gasteiger partial charge in [-0.3, -0.25) is 4.79 Å². The van der Waals surface area contributed by atoms with Gasteiger partial charge in [-0.25, -0.2) is 14.3 Å². The predicted octanol–water partition coefficient (Wildman–Crippen LogP) is 3.28. The third-order valence-electron chi connectivity index (χ3n) is 5.78. The van der Waals surface area contributed by atoms with Gasteiger partial charge in [-0.15, -0.1) is 0 Å². The Bertz CT molecular complexity index is 1210. The Morgan fingerprint density at radius 3 is 2.55 bits per heavy atom. The van der Waals surface area contributed by atoms with Crippen LogP contribution in [0.3, 0.4) is 0 Å². The van der Waals surface area contributed by atoms with E-state index in [0.29, 0.717) is 39.6 Å². The third-order valence-corrected chi connectivity index (χ3v) is 5.78. The van der Waals surface area contributed by atoms with E-state index >= 15 is 0 Å². The Kier molecular flexibility index (Phi) is 4.97. The van der Waals surface area contributed by atoms with E-state index in [2.05, 4.69) is 4.90 Å². The molecule has 0 aliphatic carbocycles. The SMILES string of the molecule is COC(=O)c1ccc2c(=O)n(-c3ccc4c(c3)OCO4)c(N3CCCCCC3)nc2c1. The van der Waals surface area contributed by atoms with E-state index in [1.54, 1.807) is 34.9 Å². The van der Waals surface area contributed by atoms with Crippen molar-refractivity contribution in [1.29, 1.82) is 0 Å². The molecular formula is C23H23N3O5. The molecule has 0 radical (unpaired) electrons. The van der Waals surface area contributed by atoms with Crippen LogP contribution in [-0.2, 0) is 4.74 Å². The Morgan fingerprint density at radius 1 is 1.00 bits per heavy atom. The molecule has 8 heteroatoms. The van der Waals surface area contributed by atoms with E-state index in [1.807, 2.05) is 6.07 Å². The molecule has 5 rings (SSSR count). The van der Waals surface area contributed by atoms with Crippen molar-refractivity contribution in [3.8, 4) is 17.2 Å². The van der Waals surface area contributed by atoms with E-state index in [9.17, 15) is 9.59 Å². The summed E-state index contributed by atoms with van der Waals surface area (Å²) in [7, 11) is 1.33. The largest absolute Gasteiger partial charge is 0.465 e. The molecule has 2 aliphatic rings. The van der Waals surface area contributed by atoms with Gasteiger partial charge < -0.3 is 19.1 Å². The number of hydrogen-bond donors (Lipinski definition) is 0. The monoisotopic (exact) mass is 421 g/mol. The van der Waals surface area contributed by atoms with Crippen molar-refractivity contribution < 1.29 is 19.0 Å².